The molecule has 8 heteroatoms. The van der Waals surface area contributed by atoms with Crippen molar-refractivity contribution >= 4 is 16.7 Å². The van der Waals surface area contributed by atoms with E-state index in [2.05, 4.69) is 86.0 Å². The second-order valence-electron chi connectivity index (χ2n) is 10.0. The quantitative estimate of drug-likeness (QED) is 0.456. The number of fused-ring (bicyclic) bond motifs is 3. The molecule has 5 heterocycles. The molecule has 2 unspecified atom stereocenters. The molecule has 0 saturated carbocycles. The van der Waals surface area contributed by atoms with Crippen molar-refractivity contribution in [1.29, 1.82) is 0 Å². The molecule has 32 heavy (non-hydrogen) atoms. The first-order valence-corrected chi connectivity index (χ1v) is 11.2. The van der Waals surface area contributed by atoms with Gasteiger partial charge in [0.25, 0.3) is 0 Å². The third-order valence-corrected chi connectivity index (χ3v) is 7.46. The van der Waals surface area contributed by atoms with Gasteiger partial charge in [-0.05, 0) is 63.3 Å². The zero-order valence-corrected chi connectivity index (χ0v) is 18.7. The van der Waals surface area contributed by atoms with E-state index in [4.69, 9.17) is 0 Å². The molecule has 8 nitrogen and oxygen atoms in total. The fourth-order valence-corrected chi connectivity index (χ4v) is 5.84. The monoisotopic (exact) mass is 428 g/mol. The highest BCUT2D eigenvalue weighted by Gasteiger charge is 2.49. The van der Waals surface area contributed by atoms with Gasteiger partial charge in [-0.15, -0.1) is 10.2 Å². The zero-order chi connectivity index (χ0) is 21.9. The molecule has 2 aliphatic rings. The first-order chi connectivity index (χ1) is 15.4. The Balaban J connectivity index is 1.29. The number of aromatic nitrogens is 6. The van der Waals surface area contributed by atoms with Crippen LogP contribution >= 0.6 is 0 Å². The normalized spacial score (nSPS) is 27.2. The van der Waals surface area contributed by atoms with Crippen LogP contribution in [0.5, 0.6) is 0 Å². The van der Waals surface area contributed by atoms with Crippen molar-refractivity contribution in [3.05, 3.63) is 42.9 Å². The largest absolute Gasteiger partial charge is 0.355 e. The third kappa shape index (κ3) is 3.09. The average molecular weight is 429 g/mol. The van der Waals surface area contributed by atoms with E-state index < -0.39 is 0 Å². The van der Waals surface area contributed by atoms with E-state index in [0.717, 1.165) is 51.9 Å². The summed E-state index contributed by atoms with van der Waals surface area (Å²) in [4.78, 5) is 2.31. The van der Waals surface area contributed by atoms with Crippen molar-refractivity contribution in [2.24, 2.45) is 0 Å². The van der Waals surface area contributed by atoms with Crippen LogP contribution in [0.25, 0.3) is 33.3 Å². The molecule has 1 aromatic carbocycles. The first-order valence-electron chi connectivity index (χ1n) is 11.2. The minimum Gasteiger partial charge on any atom is -0.355 e. The smallest absolute Gasteiger partial charge is 0.151 e. The second kappa shape index (κ2) is 6.87. The van der Waals surface area contributed by atoms with Gasteiger partial charge < -0.3 is 10.2 Å². The summed E-state index contributed by atoms with van der Waals surface area (Å²) in [7, 11) is 2.15. The lowest BCUT2D eigenvalue weighted by Gasteiger charge is -2.45. The van der Waals surface area contributed by atoms with Gasteiger partial charge in [0.2, 0.25) is 0 Å². The van der Waals surface area contributed by atoms with Gasteiger partial charge in [0.1, 0.15) is 0 Å². The Labute approximate surface area is 186 Å². The van der Waals surface area contributed by atoms with Crippen molar-refractivity contribution in [2.75, 3.05) is 11.9 Å². The summed E-state index contributed by atoms with van der Waals surface area (Å²) in [6.07, 6.45) is 10.3. The Morgan fingerprint density at radius 2 is 1.72 bits per heavy atom. The number of rotatable bonds is 4. The number of nitrogens with one attached hydrogen (secondary N) is 3. The molecule has 2 aliphatic heterocycles. The van der Waals surface area contributed by atoms with Gasteiger partial charge in [-0.3, -0.25) is 10.2 Å². The summed E-state index contributed by atoms with van der Waals surface area (Å²) in [5.74, 6) is 0.920. The van der Waals surface area contributed by atoms with Crippen LogP contribution < -0.4 is 10.2 Å². The van der Waals surface area contributed by atoms with Gasteiger partial charge in [0, 0.05) is 46.9 Å². The highest BCUT2D eigenvalue weighted by atomic mass is 15.3. The molecule has 0 radical (unpaired) electrons. The maximum absolute atomic E-state index is 4.62. The van der Waals surface area contributed by atoms with E-state index in [1.54, 1.807) is 0 Å². The molecule has 2 saturated heterocycles. The molecule has 2 atom stereocenters. The minimum absolute atomic E-state index is 0.224. The molecule has 4 aromatic rings. The molecular formula is C24H28N8. The Kier molecular flexibility index (Phi) is 4.17. The van der Waals surface area contributed by atoms with Crippen molar-refractivity contribution in [3.63, 3.8) is 0 Å². The maximum Gasteiger partial charge on any atom is 0.151 e. The number of benzene rings is 1. The minimum atomic E-state index is 0.224. The lowest BCUT2D eigenvalue weighted by molar-refractivity contribution is 0.207. The van der Waals surface area contributed by atoms with E-state index >= 15 is 0 Å². The zero-order valence-electron chi connectivity index (χ0n) is 18.7. The molecular weight excluding hydrogens is 400 g/mol. The van der Waals surface area contributed by atoms with E-state index in [9.17, 15) is 0 Å². The molecule has 6 rings (SSSR count). The summed E-state index contributed by atoms with van der Waals surface area (Å²) in [5, 5.41) is 28.5. The molecule has 0 amide bonds. The third-order valence-electron chi connectivity index (χ3n) is 7.46. The lowest BCUT2D eigenvalue weighted by atomic mass is 9.84. The maximum atomic E-state index is 4.62. The molecule has 2 bridgehead atoms. The van der Waals surface area contributed by atoms with Gasteiger partial charge in [-0.25, -0.2) is 0 Å². The summed E-state index contributed by atoms with van der Waals surface area (Å²) >= 11 is 0. The predicted octanol–water partition coefficient (Wildman–Crippen LogP) is 3.91. The fourth-order valence-electron chi connectivity index (χ4n) is 5.84. The Bertz CT molecular complexity index is 1240. The highest BCUT2D eigenvalue weighted by molar-refractivity contribution is 6.01. The number of hydrogen-bond donors (Lipinski definition) is 3. The molecule has 3 aromatic heterocycles. The number of piperidine rings is 1. The second-order valence-corrected chi connectivity index (χ2v) is 10.0. The van der Waals surface area contributed by atoms with Crippen molar-refractivity contribution < 1.29 is 0 Å². The van der Waals surface area contributed by atoms with Crippen LogP contribution in [-0.4, -0.2) is 54.8 Å². The number of aromatic amines is 2. The van der Waals surface area contributed by atoms with E-state index in [1.165, 1.54) is 12.8 Å². The Hall–Kier alpha value is -3.26. The number of anilines is 1. The Morgan fingerprint density at radius 1 is 0.938 bits per heavy atom. The van der Waals surface area contributed by atoms with Gasteiger partial charge in [0.05, 0.1) is 23.6 Å². The van der Waals surface area contributed by atoms with Crippen LogP contribution in [0.2, 0.25) is 0 Å². The first kappa shape index (κ1) is 19.4. The lowest BCUT2D eigenvalue weighted by Crippen LogP contribution is -2.58. The fraction of sp³-hybridized carbons (Fsp3) is 0.417. The van der Waals surface area contributed by atoms with Crippen molar-refractivity contribution in [3.8, 4) is 22.4 Å². The average Bonchev–Trinajstić information content (AvgIpc) is 3.52. The summed E-state index contributed by atoms with van der Waals surface area (Å²) in [5.41, 5.74) is 5.34. The van der Waals surface area contributed by atoms with Gasteiger partial charge in [-0.2, -0.15) is 10.2 Å². The number of H-pyrrole nitrogens is 2. The van der Waals surface area contributed by atoms with Crippen LogP contribution in [0.1, 0.15) is 39.5 Å². The SMILES string of the molecule is CN(c1ccc(-c2ccc(-c3cn[nH]c3)c3cn[nH]c23)nn1)C1CC2(C)CCC(C)(C1)N2. The van der Waals surface area contributed by atoms with Crippen LogP contribution in [0.15, 0.2) is 42.9 Å². The molecule has 0 spiro atoms. The van der Waals surface area contributed by atoms with Gasteiger partial charge in [0.15, 0.2) is 5.82 Å². The number of hydrogen-bond acceptors (Lipinski definition) is 6. The van der Waals surface area contributed by atoms with Crippen molar-refractivity contribution in [2.45, 2.75) is 56.7 Å². The van der Waals surface area contributed by atoms with E-state index in [1.807, 2.05) is 18.6 Å². The molecule has 2 fully saturated rings. The summed E-state index contributed by atoms with van der Waals surface area (Å²) < 4.78 is 0. The molecule has 3 N–H and O–H groups in total. The summed E-state index contributed by atoms with van der Waals surface area (Å²) in [6, 6.07) is 8.77. The van der Waals surface area contributed by atoms with E-state index in [0.29, 0.717) is 6.04 Å². The standard InChI is InChI=1S/C24H28N8/c1-23-8-9-24(2,31-23)11-16(10-23)32(3)21-7-6-20(28-29-21)18-5-4-17(15-12-25-26-13-15)19-14-27-30-22(18)19/h4-7,12-14,16,31H,8-11H2,1-3H3,(H,25,26)(H,27,30). The summed E-state index contributed by atoms with van der Waals surface area (Å²) in [6.45, 7) is 4.71. The van der Waals surface area contributed by atoms with E-state index in [-0.39, 0.29) is 11.1 Å². The van der Waals surface area contributed by atoms with Crippen LogP contribution in [0.4, 0.5) is 5.82 Å². The van der Waals surface area contributed by atoms with Gasteiger partial charge in [-0.1, -0.05) is 6.07 Å². The van der Waals surface area contributed by atoms with Gasteiger partial charge >= 0.3 is 0 Å². The van der Waals surface area contributed by atoms with Crippen LogP contribution in [0.3, 0.4) is 0 Å². The Morgan fingerprint density at radius 3 is 2.41 bits per heavy atom. The molecule has 164 valence electrons. The van der Waals surface area contributed by atoms with Crippen molar-refractivity contribution in [1.82, 2.24) is 35.9 Å². The topological polar surface area (TPSA) is 98.4 Å². The number of nitrogens with zero attached hydrogens (tertiary/aromatic N) is 5. The molecule has 0 aliphatic carbocycles. The van der Waals surface area contributed by atoms with Crippen LogP contribution in [0, 0.1) is 0 Å². The predicted molar refractivity (Wildman–Crippen MR) is 125 cm³/mol. The highest BCUT2D eigenvalue weighted by Crippen LogP contribution is 2.43. The van der Waals surface area contributed by atoms with Crippen LogP contribution in [-0.2, 0) is 0 Å².